The fraction of sp³-hybridized carbons (Fsp3) is 0.304. The van der Waals surface area contributed by atoms with Gasteiger partial charge in [0.15, 0.2) is 0 Å². The summed E-state index contributed by atoms with van der Waals surface area (Å²) in [7, 11) is 1.54. The van der Waals surface area contributed by atoms with Crippen molar-refractivity contribution >= 4 is 23.2 Å². The lowest BCUT2D eigenvalue weighted by atomic mass is 10.1. The molecule has 9 heteroatoms. The summed E-state index contributed by atoms with van der Waals surface area (Å²) in [6.07, 6.45) is 4.38. The van der Waals surface area contributed by atoms with Crippen LogP contribution in [-0.2, 0) is 4.79 Å². The molecule has 1 aliphatic rings. The van der Waals surface area contributed by atoms with Crippen LogP contribution in [0.25, 0.3) is 5.69 Å². The van der Waals surface area contributed by atoms with Crippen LogP contribution in [0.2, 0.25) is 0 Å². The average molecular weight is 435 g/mol. The fourth-order valence-corrected chi connectivity index (χ4v) is 3.97. The molecule has 32 heavy (non-hydrogen) atoms. The van der Waals surface area contributed by atoms with E-state index in [1.807, 2.05) is 19.9 Å². The number of hydrogen-bond acceptors (Lipinski definition) is 6. The van der Waals surface area contributed by atoms with E-state index in [-0.39, 0.29) is 11.8 Å². The highest BCUT2D eigenvalue weighted by Gasteiger charge is 2.36. The number of amides is 2. The first-order valence-electron chi connectivity index (χ1n) is 10.4. The quantitative estimate of drug-likeness (QED) is 0.597. The van der Waals surface area contributed by atoms with Crippen molar-refractivity contribution in [3.8, 4) is 11.4 Å². The van der Waals surface area contributed by atoms with Crippen molar-refractivity contribution in [1.82, 2.24) is 19.9 Å². The second-order valence-electron chi connectivity index (χ2n) is 7.82. The van der Waals surface area contributed by atoms with E-state index in [0.29, 0.717) is 41.3 Å². The van der Waals surface area contributed by atoms with Gasteiger partial charge in [-0.15, -0.1) is 0 Å². The molecule has 1 atom stereocenters. The lowest BCUT2D eigenvalue weighted by Crippen LogP contribution is -2.43. The van der Waals surface area contributed by atoms with Crippen LogP contribution in [0.5, 0.6) is 5.75 Å². The first-order chi connectivity index (χ1) is 15.4. The molecule has 2 amide bonds. The Kier molecular flexibility index (Phi) is 5.81. The number of likely N-dealkylation sites (tertiary alicyclic amines) is 1. The molecule has 1 fully saturated rings. The zero-order valence-electron chi connectivity index (χ0n) is 18.3. The molecular weight excluding hydrogens is 408 g/mol. The Morgan fingerprint density at radius 1 is 1.16 bits per heavy atom. The zero-order valence-corrected chi connectivity index (χ0v) is 18.3. The van der Waals surface area contributed by atoms with Crippen molar-refractivity contribution in [2.45, 2.75) is 32.7 Å². The third-order valence-electron chi connectivity index (χ3n) is 5.90. The number of aryl methyl sites for hydroxylation is 1. The first-order valence-corrected chi connectivity index (χ1v) is 10.4. The van der Waals surface area contributed by atoms with Gasteiger partial charge in [0.2, 0.25) is 5.91 Å². The fourth-order valence-electron chi connectivity index (χ4n) is 3.97. The molecule has 0 bridgehead atoms. The highest BCUT2D eigenvalue weighted by Crippen LogP contribution is 2.29. The number of carbonyl (C=O) groups excluding carboxylic acids is 2. The largest absolute Gasteiger partial charge is 0.497 e. The molecule has 166 valence electrons. The molecule has 0 radical (unpaired) electrons. The van der Waals surface area contributed by atoms with Gasteiger partial charge in [0.05, 0.1) is 42.1 Å². The molecule has 0 aliphatic carbocycles. The average Bonchev–Trinajstić information content (AvgIpc) is 3.50. The second-order valence-corrected chi connectivity index (χ2v) is 7.82. The second kappa shape index (κ2) is 8.70. The van der Waals surface area contributed by atoms with Crippen LogP contribution in [0.4, 0.5) is 11.4 Å². The first kappa shape index (κ1) is 21.4. The number of nitrogens with one attached hydrogen (secondary N) is 1. The molecule has 2 aromatic carbocycles. The summed E-state index contributed by atoms with van der Waals surface area (Å²) in [5.41, 5.74) is 10.0. The number of ether oxygens (including phenoxy) is 1. The van der Waals surface area contributed by atoms with E-state index < -0.39 is 6.04 Å². The van der Waals surface area contributed by atoms with Gasteiger partial charge >= 0.3 is 0 Å². The Balaban J connectivity index is 1.64. The van der Waals surface area contributed by atoms with E-state index in [2.05, 4.69) is 15.5 Å². The van der Waals surface area contributed by atoms with Gasteiger partial charge in [-0.1, -0.05) is 6.07 Å². The SMILES string of the molecule is COc1ccc(-n2nccn2)c(C(=O)N2CCC[C@H]2C(=O)Nc2c(N)ccc(C)c2C)c1. The van der Waals surface area contributed by atoms with Gasteiger partial charge < -0.3 is 20.7 Å². The van der Waals surface area contributed by atoms with E-state index in [1.165, 1.54) is 11.9 Å². The van der Waals surface area contributed by atoms with Gasteiger partial charge in [-0.3, -0.25) is 9.59 Å². The van der Waals surface area contributed by atoms with E-state index >= 15 is 0 Å². The van der Waals surface area contributed by atoms with Gasteiger partial charge in [-0.05, 0) is 62.1 Å². The number of nitrogens with zero attached hydrogens (tertiary/aromatic N) is 4. The standard InChI is InChI=1S/C23H26N6O3/c1-14-6-8-18(24)21(15(14)2)27-22(30)20-5-4-12-28(20)23(31)17-13-16(32-3)7-9-19(17)29-25-10-11-26-29/h6-11,13,20H,4-5,12,24H2,1-3H3,(H,27,30)/t20-/m0/s1. The Labute approximate surface area is 186 Å². The molecule has 4 rings (SSSR count). The zero-order chi connectivity index (χ0) is 22.8. The number of anilines is 2. The summed E-state index contributed by atoms with van der Waals surface area (Å²) >= 11 is 0. The van der Waals surface area contributed by atoms with Crippen molar-refractivity contribution in [2.75, 3.05) is 24.7 Å². The van der Waals surface area contributed by atoms with Gasteiger partial charge in [0, 0.05) is 6.54 Å². The molecule has 0 saturated carbocycles. The Bertz CT molecular complexity index is 1160. The Hall–Kier alpha value is -3.88. The minimum atomic E-state index is -0.605. The Morgan fingerprint density at radius 3 is 2.62 bits per heavy atom. The van der Waals surface area contributed by atoms with Crippen LogP contribution >= 0.6 is 0 Å². The number of nitrogens with two attached hydrogens (primary N) is 1. The molecular formula is C23H26N6O3. The molecule has 0 unspecified atom stereocenters. The third-order valence-corrected chi connectivity index (χ3v) is 5.90. The maximum Gasteiger partial charge on any atom is 0.256 e. The number of benzene rings is 2. The predicted molar refractivity (Wildman–Crippen MR) is 121 cm³/mol. The van der Waals surface area contributed by atoms with Crippen LogP contribution in [0.1, 0.15) is 34.3 Å². The number of aromatic nitrogens is 3. The number of nitrogen functional groups attached to an aromatic ring is 1. The van der Waals surface area contributed by atoms with E-state index in [9.17, 15) is 9.59 Å². The molecule has 2 heterocycles. The highest BCUT2D eigenvalue weighted by atomic mass is 16.5. The molecule has 9 nitrogen and oxygen atoms in total. The number of carbonyl (C=O) groups is 2. The lowest BCUT2D eigenvalue weighted by molar-refractivity contribution is -0.119. The van der Waals surface area contributed by atoms with Crippen molar-refractivity contribution in [3.63, 3.8) is 0 Å². The maximum atomic E-state index is 13.6. The predicted octanol–water partition coefficient (Wildman–Crippen LogP) is 2.72. The summed E-state index contributed by atoms with van der Waals surface area (Å²) in [4.78, 5) is 29.8. The highest BCUT2D eigenvalue weighted by molar-refractivity contribution is 6.04. The van der Waals surface area contributed by atoms with Gasteiger partial charge in [-0.25, -0.2) is 0 Å². The van der Waals surface area contributed by atoms with Crippen molar-refractivity contribution in [2.24, 2.45) is 0 Å². The van der Waals surface area contributed by atoms with Crippen LogP contribution in [0.3, 0.4) is 0 Å². The van der Waals surface area contributed by atoms with E-state index in [1.54, 1.807) is 41.6 Å². The third kappa shape index (κ3) is 3.89. The summed E-state index contributed by atoms with van der Waals surface area (Å²) < 4.78 is 5.32. The molecule has 3 aromatic rings. The van der Waals surface area contributed by atoms with Crippen molar-refractivity contribution in [1.29, 1.82) is 0 Å². The number of rotatable bonds is 5. The number of hydrogen-bond donors (Lipinski definition) is 2. The molecule has 0 spiro atoms. The van der Waals surface area contributed by atoms with Crippen LogP contribution < -0.4 is 15.8 Å². The normalized spacial score (nSPS) is 15.6. The van der Waals surface area contributed by atoms with Crippen molar-refractivity contribution < 1.29 is 14.3 Å². The minimum absolute atomic E-state index is 0.252. The van der Waals surface area contributed by atoms with Crippen LogP contribution in [-0.4, -0.2) is 51.4 Å². The van der Waals surface area contributed by atoms with Crippen LogP contribution in [0, 0.1) is 13.8 Å². The van der Waals surface area contributed by atoms with Gasteiger partial charge in [0.25, 0.3) is 5.91 Å². The maximum absolute atomic E-state index is 13.6. The summed E-state index contributed by atoms with van der Waals surface area (Å²) in [5, 5.41) is 11.3. The smallest absolute Gasteiger partial charge is 0.256 e. The summed E-state index contributed by atoms with van der Waals surface area (Å²) in [6.45, 7) is 4.35. The molecule has 3 N–H and O–H groups in total. The van der Waals surface area contributed by atoms with E-state index in [4.69, 9.17) is 10.5 Å². The Morgan fingerprint density at radius 2 is 1.91 bits per heavy atom. The molecule has 1 aliphatic heterocycles. The molecule has 1 saturated heterocycles. The van der Waals surface area contributed by atoms with Gasteiger partial charge in [-0.2, -0.15) is 15.0 Å². The monoisotopic (exact) mass is 434 g/mol. The van der Waals surface area contributed by atoms with Crippen LogP contribution in [0.15, 0.2) is 42.7 Å². The topological polar surface area (TPSA) is 115 Å². The summed E-state index contributed by atoms with van der Waals surface area (Å²) in [5.74, 6) is 0.00769. The lowest BCUT2D eigenvalue weighted by Gasteiger charge is -2.25. The van der Waals surface area contributed by atoms with Gasteiger partial charge in [0.1, 0.15) is 11.8 Å². The minimum Gasteiger partial charge on any atom is -0.497 e. The van der Waals surface area contributed by atoms with Crippen molar-refractivity contribution in [3.05, 3.63) is 59.4 Å². The number of methoxy groups -OCH3 is 1. The van der Waals surface area contributed by atoms with E-state index in [0.717, 1.165) is 17.5 Å². The summed E-state index contributed by atoms with van der Waals surface area (Å²) in [6, 6.07) is 8.21. The molecule has 1 aromatic heterocycles.